The van der Waals surface area contributed by atoms with E-state index in [2.05, 4.69) is 29.2 Å². The number of likely N-dealkylation sites (N-methyl/N-ethyl adjacent to an activating group) is 1. The van der Waals surface area contributed by atoms with E-state index in [1.54, 1.807) is 0 Å². The van der Waals surface area contributed by atoms with E-state index >= 15 is 0 Å². The van der Waals surface area contributed by atoms with Gasteiger partial charge < -0.3 is 10.1 Å². The molecule has 1 aliphatic heterocycles. The standard InChI is InChI=1S/C11H14N2O/c1-13-5-4-10-6-9(7-12-14)2-3-11(10)8-13/h2-3,6-7,14H,4-5,8H2,1H3. The maximum Gasteiger partial charge on any atom is 0.0733 e. The van der Waals surface area contributed by atoms with Crippen LogP contribution in [0.4, 0.5) is 0 Å². The van der Waals surface area contributed by atoms with Crippen LogP contribution in [0, 0.1) is 0 Å². The molecule has 0 saturated heterocycles. The SMILES string of the molecule is CN1CCc2cc(C=NO)ccc2C1. The van der Waals surface area contributed by atoms with Gasteiger partial charge in [-0.05, 0) is 36.2 Å². The van der Waals surface area contributed by atoms with Crippen molar-refractivity contribution in [1.82, 2.24) is 4.90 Å². The summed E-state index contributed by atoms with van der Waals surface area (Å²) in [6.07, 6.45) is 2.55. The van der Waals surface area contributed by atoms with Crippen LogP contribution < -0.4 is 0 Å². The Bertz CT molecular complexity index is 360. The van der Waals surface area contributed by atoms with Crippen LogP contribution in [0.5, 0.6) is 0 Å². The van der Waals surface area contributed by atoms with Crippen molar-refractivity contribution < 1.29 is 5.21 Å². The summed E-state index contributed by atoms with van der Waals surface area (Å²) in [5.74, 6) is 0. The number of nitrogens with zero attached hydrogens (tertiary/aromatic N) is 2. The lowest BCUT2D eigenvalue weighted by Gasteiger charge is -2.24. The fourth-order valence-corrected chi connectivity index (χ4v) is 1.86. The van der Waals surface area contributed by atoms with E-state index in [1.165, 1.54) is 17.3 Å². The Morgan fingerprint density at radius 3 is 3.07 bits per heavy atom. The molecule has 1 N–H and O–H groups in total. The summed E-state index contributed by atoms with van der Waals surface area (Å²) in [5, 5.41) is 11.5. The molecule has 3 heteroatoms. The van der Waals surface area contributed by atoms with Gasteiger partial charge in [0.05, 0.1) is 6.21 Å². The van der Waals surface area contributed by atoms with E-state index in [0.29, 0.717) is 0 Å². The Hall–Kier alpha value is -1.35. The average molecular weight is 190 g/mol. The number of fused-ring (bicyclic) bond motifs is 1. The van der Waals surface area contributed by atoms with Gasteiger partial charge >= 0.3 is 0 Å². The van der Waals surface area contributed by atoms with Crippen LogP contribution in [0.15, 0.2) is 23.4 Å². The van der Waals surface area contributed by atoms with E-state index < -0.39 is 0 Å². The van der Waals surface area contributed by atoms with Crippen molar-refractivity contribution in [2.24, 2.45) is 5.16 Å². The summed E-state index contributed by atoms with van der Waals surface area (Å²) < 4.78 is 0. The Kier molecular flexibility index (Phi) is 2.50. The minimum atomic E-state index is 0.968. The highest BCUT2D eigenvalue weighted by Gasteiger charge is 2.12. The first-order valence-electron chi connectivity index (χ1n) is 4.77. The molecule has 0 fully saturated rings. The van der Waals surface area contributed by atoms with Crippen molar-refractivity contribution in [3.05, 3.63) is 34.9 Å². The van der Waals surface area contributed by atoms with Crippen molar-refractivity contribution in [2.45, 2.75) is 13.0 Å². The second-order valence-electron chi connectivity index (χ2n) is 3.76. The Balaban J connectivity index is 2.31. The summed E-state index contributed by atoms with van der Waals surface area (Å²) in [6, 6.07) is 6.20. The molecule has 0 saturated carbocycles. The molecule has 1 aromatic rings. The Morgan fingerprint density at radius 1 is 1.43 bits per heavy atom. The number of rotatable bonds is 1. The van der Waals surface area contributed by atoms with Crippen LogP contribution in [0.1, 0.15) is 16.7 Å². The predicted molar refractivity (Wildman–Crippen MR) is 55.9 cm³/mol. The molecule has 0 radical (unpaired) electrons. The molecule has 14 heavy (non-hydrogen) atoms. The summed E-state index contributed by atoms with van der Waals surface area (Å²) in [4.78, 5) is 2.31. The van der Waals surface area contributed by atoms with Crippen molar-refractivity contribution in [2.75, 3.05) is 13.6 Å². The molecular weight excluding hydrogens is 176 g/mol. The molecule has 0 amide bonds. The molecule has 0 aromatic heterocycles. The second-order valence-corrected chi connectivity index (χ2v) is 3.76. The average Bonchev–Trinajstić information content (AvgIpc) is 2.19. The lowest BCUT2D eigenvalue weighted by molar-refractivity contribution is 0.313. The van der Waals surface area contributed by atoms with Crippen molar-refractivity contribution in [3.8, 4) is 0 Å². The molecule has 1 aliphatic rings. The molecule has 0 bridgehead atoms. The van der Waals surface area contributed by atoms with Crippen LogP contribution in [0.25, 0.3) is 0 Å². The third kappa shape index (κ3) is 1.77. The summed E-state index contributed by atoms with van der Waals surface area (Å²) in [7, 11) is 2.13. The van der Waals surface area contributed by atoms with Gasteiger partial charge in [0.15, 0.2) is 0 Å². The van der Waals surface area contributed by atoms with Crippen LogP contribution in [0.2, 0.25) is 0 Å². The molecule has 0 unspecified atom stereocenters. The first kappa shape index (κ1) is 9.21. The molecule has 1 aromatic carbocycles. The van der Waals surface area contributed by atoms with E-state index in [1.807, 2.05) is 6.07 Å². The fraction of sp³-hybridized carbons (Fsp3) is 0.364. The minimum absolute atomic E-state index is 0.968. The van der Waals surface area contributed by atoms with Gasteiger partial charge in [-0.2, -0.15) is 0 Å². The number of hydrogen-bond donors (Lipinski definition) is 1. The lowest BCUT2D eigenvalue weighted by atomic mass is 9.98. The maximum absolute atomic E-state index is 8.43. The van der Waals surface area contributed by atoms with Crippen molar-refractivity contribution >= 4 is 6.21 Å². The number of oxime groups is 1. The second kappa shape index (κ2) is 3.80. The Labute approximate surface area is 83.7 Å². The first-order chi connectivity index (χ1) is 6.79. The van der Waals surface area contributed by atoms with Gasteiger partial charge in [-0.25, -0.2) is 0 Å². The van der Waals surface area contributed by atoms with Crippen LogP contribution >= 0.6 is 0 Å². The largest absolute Gasteiger partial charge is 0.411 e. The summed E-state index contributed by atoms with van der Waals surface area (Å²) in [6.45, 7) is 2.12. The molecule has 3 nitrogen and oxygen atoms in total. The van der Waals surface area contributed by atoms with Crippen LogP contribution in [0.3, 0.4) is 0 Å². The van der Waals surface area contributed by atoms with E-state index in [0.717, 1.165) is 25.1 Å². The summed E-state index contributed by atoms with van der Waals surface area (Å²) in [5.41, 5.74) is 3.73. The molecular formula is C11H14N2O. The van der Waals surface area contributed by atoms with E-state index in [-0.39, 0.29) is 0 Å². The van der Waals surface area contributed by atoms with Gasteiger partial charge in [0.25, 0.3) is 0 Å². The summed E-state index contributed by atoms with van der Waals surface area (Å²) >= 11 is 0. The first-order valence-corrected chi connectivity index (χ1v) is 4.77. The van der Waals surface area contributed by atoms with Gasteiger partial charge in [-0.1, -0.05) is 17.3 Å². The van der Waals surface area contributed by atoms with Gasteiger partial charge in [0.2, 0.25) is 0 Å². The third-order valence-corrected chi connectivity index (χ3v) is 2.64. The topological polar surface area (TPSA) is 35.8 Å². The van der Waals surface area contributed by atoms with Gasteiger partial charge in [-0.3, -0.25) is 0 Å². The number of benzene rings is 1. The molecule has 74 valence electrons. The highest BCUT2D eigenvalue weighted by molar-refractivity contribution is 5.79. The Morgan fingerprint density at radius 2 is 2.29 bits per heavy atom. The normalized spacial score (nSPS) is 17.2. The monoisotopic (exact) mass is 190 g/mol. The van der Waals surface area contributed by atoms with Crippen molar-refractivity contribution in [3.63, 3.8) is 0 Å². The van der Waals surface area contributed by atoms with E-state index in [4.69, 9.17) is 5.21 Å². The predicted octanol–water partition coefficient (Wildman–Crippen LogP) is 1.48. The highest BCUT2D eigenvalue weighted by Crippen LogP contribution is 2.18. The maximum atomic E-state index is 8.43. The third-order valence-electron chi connectivity index (χ3n) is 2.64. The molecule has 2 rings (SSSR count). The van der Waals surface area contributed by atoms with Gasteiger partial charge in [0, 0.05) is 13.1 Å². The lowest BCUT2D eigenvalue weighted by Crippen LogP contribution is -2.26. The van der Waals surface area contributed by atoms with Gasteiger partial charge in [-0.15, -0.1) is 0 Å². The molecule has 0 atom stereocenters. The smallest absolute Gasteiger partial charge is 0.0733 e. The quantitative estimate of drug-likeness (QED) is 0.413. The zero-order valence-electron chi connectivity index (χ0n) is 8.27. The molecule has 0 spiro atoms. The number of hydrogen-bond acceptors (Lipinski definition) is 3. The molecule has 1 heterocycles. The van der Waals surface area contributed by atoms with E-state index in [9.17, 15) is 0 Å². The van der Waals surface area contributed by atoms with Crippen molar-refractivity contribution in [1.29, 1.82) is 0 Å². The molecule has 0 aliphatic carbocycles. The zero-order chi connectivity index (χ0) is 9.97. The van der Waals surface area contributed by atoms with Crippen LogP contribution in [-0.2, 0) is 13.0 Å². The van der Waals surface area contributed by atoms with Gasteiger partial charge in [0.1, 0.15) is 0 Å². The minimum Gasteiger partial charge on any atom is -0.411 e. The highest BCUT2D eigenvalue weighted by atomic mass is 16.4. The fourth-order valence-electron chi connectivity index (χ4n) is 1.86. The zero-order valence-corrected chi connectivity index (χ0v) is 8.27. The van der Waals surface area contributed by atoms with Crippen LogP contribution in [-0.4, -0.2) is 29.9 Å².